The second kappa shape index (κ2) is 6.38. The Morgan fingerprint density at radius 3 is 2.30 bits per heavy atom. The average molecular weight is 311 g/mol. The van der Waals surface area contributed by atoms with Gasteiger partial charge >= 0.3 is 0 Å². The van der Waals surface area contributed by atoms with Crippen molar-refractivity contribution in [1.82, 2.24) is 9.80 Å². The highest BCUT2D eigenvalue weighted by Gasteiger charge is 2.26. The van der Waals surface area contributed by atoms with Crippen LogP contribution in [0.2, 0.25) is 0 Å². The monoisotopic (exact) mass is 311 g/mol. The second-order valence-corrected chi connectivity index (χ2v) is 5.97. The van der Waals surface area contributed by atoms with Crippen LogP contribution < -0.4 is 5.73 Å². The number of rotatable bonds is 3. The van der Waals surface area contributed by atoms with E-state index in [1.54, 1.807) is 0 Å². The van der Waals surface area contributed by atoms with Crippen molar-refractivity contribution in [2.75, 3.05) is 26.2 Å². The van der Waals surface area contributed by atoms with E-state index >= 15 is 0 Å². The van der Waals surface area contributed by atoms with E-state index in [2.05, 4.69) is 0 Å². The van der Waals surface area contributed by atoms with E-state index in [1.807, 2.05) is 59.2 Å². The predicted molar refractivity (Wildman–Crippen MR) is 90.1 cm³/mol. The molecule has 2 aromatic carbocycles. The van der Waals surface area contributed by atoms with Crippen molar-refractivity contribution < 1.29 is 9.59 Å². The number of primary amides is 1. The maximum atomic E-state index is 12.7. The van der Waals surface area contributed by atoms with Crippen LogP contribution in [0.4, 0.5) is 0 Å². The number of carbonyl (C=O) groups is 2. The quantitative estimate of drug-likeness (QED) is 0.933. The Morgan fingerprint density at radius 1 is 1.00 bits per heavy atom. The third-order valence-corrected chi connectivity index (χ3v) is 4.56. The zero-order chi connectivity index (χ0) is 16.4. The van der Waals surface area contributed by atoms with Gasteiger partial charge in [-0.25, -0.2) is 0 Å². The van der Waals surface area contributed by atoms with Crippen LogP contribution >= 0.6 is 0 Å². The van der Waals surface area contributed by atoms with Gasteiger partial charge in [-0.15, -0.1) is 0 Å². The Hall–Kier alpha value is -2.40. The highest BCUT2D eigenvalue weighted by Crippen LogP contribution is 2.18. The van der Waals surface area contributed by atoms with Crippen LogP contribution in [0.25, 0.3) is 10.8 Å². The van der Waals surface area contributed by atoms with E-state index in [0.29, 0.717) is 31.7 Å². The first-order valence-corrected chi connectivity index (χ1v) is 7.88. The number of nitrogens with two attached hydrogens (primary N) is 1. The van der Waals surface area contributed by atoms with E-state index in [4.69, 9.17) is 5.73 Å². The molecule has 0 spiro atoms. The molecule has 2 aromatic rings. The fourth-order valence-electron chi connectivity index (χ4n) is 3.00. The molecule has 0 aliphatic carbocycles. The summed E-state index contributed by atoms with van der Waals surface area (Å²) in [5.74, 6) is -0.276. The molecule has 1 unspecified atom stereocenters. The van der Waals surface area contributed by atoms with E-state index < -0.39 is 0 Å². The first kappa shape index (κ1) is 15.5. The molecular weight excluding hydrogens is 290 g/mol. The molecular formula is C18H21N3O2. The fraction of sp³-hybridized carbons (Fsp3) is 0.333. The molecule has 23 heavy (non-hydrogen) atoms. The van der Waals surface area contributed by atoms with E-state index in [-0.39, 0.29) is 17.9 Å². The maximum Gasteiger partial charge on any atom is 0.253 e. The number of fused-ring (bicyclic) bond motifs is 1. The minimum absolute atomic E-state index is 0.0436. The second-order valence-electron chi connectivity index (χ2n) is 5.97. The summed E-state index contributed by atoms with van der Waals surface area (Å²) in [6, 6.07) is 13.5. The normalized spacial score (nSPS) is 17.2. The topological polar surface area (TPSA) is 66.6 Å². The third-order valence-electron chi connectivity index (χ3n) is 4.56. The number of carbonyl (C=O) groups excluding carboxylic acids is 2. The first-order chi connectivity index (χ1) is 11.1. The van der Waals surface area contributed by atoms with Gasteiger partial charge in [0.2, 0.25) is 5.91 Å². The summed E-state index contributed by atoms with van der Waals surface area (Å²) in [5.41, 5.74) is 6.05. The van der Waals surface area contributed by atoms with Gasteiger partial charge in [-0.05, 0) is 29.8 Å². The average Bonchev–Trinajstić information content (AvgIpc) is 2.60. The van der Waals surface area contributed by atoms with Gasteiger partial charge in [0.25, 0.3) is 5.91 Å². The molecule has 1 aliphatic heterocycles. The first-order valence-electron chi connectivity index (χ1n) is 7.88. The van der Waals surface area contributed by atoms with E-state index in [9.17, 15) is 9.59 Å². The van der Waals surface area contributed by atoms with Crippen LogP contribution in [0.3, 0.4) is 0 Å². The minimum atomic E-state index is -0.320. The number of nitrogens with zero attached hydrogens (tertiary/aromatic N) is 2. The smallest absolute Gasteiger partial charge is 0.253 e. The standard InChI is InChI=1S/C18H21N3O2/c1-13(17(19)22)20-8-10-21(11-9-20)18(23)16-7-6-14-4-2-3-5-15(14)12-16/h2-7,12-13H,8-11H2,1H3,(H2,19,22). The SMILES string of the molecule is CC(C(N)=O)N1CCN(C(=O)c2ccc3ccccc3c2)CC1. The highest BCUT2D eigenvalue weighted by atomic mass is 16.2. The molecule has 1 fully saturated rings. The molecule has 0 aromatic heterocycles. The number of piperazine rings is 1. The van der Waals surface area contributed by atoms with Crippen LogP contribution in [0, 0.1) is 0 Å². The minimum Gasteiger partial charge on any atom is -0.368 e. The summed E-state index contributed by atoms with van der Waals surface area (Å²) in [6.45, 7) is 4.38. The summed E-state index contributed by atoms with van der Waals surface area (Å²) in [4.78, 5) is 27.8. The number of benzene rings is 2. The Morgan fingerprint density at radius 2 is 1.65 bits per heavy atom. The van der Waals surface area contributed by atoms with Crippen molar-refractivity contribution >= 4 is 22.6 Å². The molecule has 2 amide bonds. The zero-order valence-corrected chi connectivity index (χ0v) is 13.2. The van der Waals surface area contributed by atoms with Crippen LogP contribution in [0.15, 0.2) is 42.5 Å². The molecule has 3 rings (SSSR count). The summed E-state index contributed by atoms with van der Waals surface area (Å²) in [6.07, 6.45) is 0. The molecule has 120 valence electrons. The van der Waals surface area contributed by atoms with Gasteiger partial charge in [-0.1, -0.05) is 30.3 Å². The Bertz CT molecular complexity index is 736. The van der Waals surface area contributed by atoms with Gasteiger partial charge in [0, 0.05) is 31.7 Å². The highest BCUT2D eigenvalue weighted by molar-refractivity contribution is 5.98. The van der Waals surface area contributed by atoms with Crippen molar-refractivity contribution in [2.45, 2.75) is 13.0 Å². The number of hydrogen-bond donors (Lipinski definition) is 1. The lowest BCUT2D eigenvalue weighted by atomic mass is 10.1. The molecule has 1 atom stereocenters. The van der Waals surface area contributed by atoms with Crippen molar-refractivity contribution in [1.29, 1.82) is 0 Å². The van der Waals surface area contributed by atoms with E-state index in [1.165, 1.54) is 0 Å². The molecule has 0 saturated carbocycles. The molecule has 5 heteroatoms. The van der Waals surface area contributed by atoms with Crippen LogP contribution in [0.1, 0.15) is 17.3 Å². The Balaban J connectivity index is 1.70. The lowest BCUT2D eigenvalue weighted by molar-refractivity contribution is -0.123. The van der Waals surface area contributed by atoms with Crippen LogP contribution in [-0.2, 0) is 4.79 Å². The molecule has 0 bridgehead atoms. The van der Waals surface area contributed by atoms with Crippen molar-refractivity contribution in [3.05, 3.63) is 48.0 Å². The van der Waals surface area contributed by atoms with Crippen molar-refractivity contribution in [2.24, 2.45) is 5.73 Å². The van der Waals surface area contributed by atoms with Gasteiger partial charge in [-0.2, -0.15) is 0 Å². The van der Waals surface area contributed by atoms with Gasteiger partial charge in [-0.3, -0.25) is 14.5 Å². The molecule has 1 saturated heterocycles. The lowest BCUT2D eigenvalue weighted by Crippen LogP contribution is -2.54. The molecule has 1 heterocycles. The summed E-state index contributed by atoms with van der Waals surface area (Å²) < 4.78 is 0. The number of amides is 2. The zero-order valence-electron chi connectivity index (χ0n) is 13.2. The van der Waals surface area contributed by atoms with Crippen molar-refractivity contribution in [3.8, 4) is 0 Å². The summed E-state index contributed by atoms with van der Waals surface area (Å²) in [5, 5.41) is 2.20. The maximum absolute atomic E-state index is 12.7. The van der Waals surface area contributed by atoms with Gasteiger partial charge in [0.1, 0.15) is 0 Å². The Kier molecular flexibility index (Phi) is 4.30. The van der Waals surface area contributed by atoms with Gasteiger partial charge in [0.05, 0.1) is 6.04 Å². The summed E-state index contributed by atoms with van der Waals surface area (Å²) in [7, 11) is 0. The lowest BCUT2D eigenvalue weighted by Gasteiger charge is -2.37. The molecule has 1 aliphatic rings. The molecule has 0 radical (unpaired) electrons. The fourth-order valence-corrected chi connectivity index (χ4v) is 3.00. The molecule has 5 nitrogen and oxygen atoms in total. The van der Waals surface area contributed by atoms with Crippen LogP contribution in [-0.4, -0.2) is 53.8 Å². The molecule has 2 N–H and O–H groups in total. The third kappa shape index (κ3) is 3.19. The Labute approximate surface area is 135 Å². The van der Waals surface area contributed by atoms with Gasteiger partial charge < -0.3 is 10.6 Å². The van der Waals surface area contributed by atoms with Crippen molar-refractivity contribution in [3.63, 3.8) is 0 Å². The summed E-state index contributed by atoms with van der Waals surface area (Å²) >= 11 is 0. The number of hydrogen-bond acceptors (Lipinski definition) is 3. The van der Waals surface area contributed by atoms with Gasteiger partial charge in [0.15, 0.2) is 0 Å². The van der Waals surface area contributed by atoms with Crippen LogP contribution in [0.5, 0.6) is 0 Å². The predicted octanol–water partition coefficient (Wildman–Crippen LogP) is 1.47. The van der Waals surface area contributed by atoms with E-state index in [0.717, 1.165) is 10.8 Å². The largest absolute Gasteiger partial charge is 0.368 e.